The first-order chi connectivity index (χ1) is 11.9. The molecule has 0 saturated heterocycles. The number of rotatable bonds is 8. The molecular weight excluding hydrogens is 314 g/mol. The Kier molecular flexibility index (Phi) is 6.32. The number of carboxylic acid groups (broad SMARTS) is 1. The van der Waals surface area contributed by atoms with Crippen molar-refractivity contribution in [3.05, 3.63) is 47.7 Å². The number of hydrogen-bond acceptors (Lipinski definition) is 3. The molecule has 134 valence electrons. The van der Waals surface area contributed by atoms with Gasteiger partial charge in [0, 0.05) is 24.1 Å². The summed E-state index contributed by atoms with van der Waals surface area (Å²) in [5.74, 6) is -0.920. The summed E-state index contributed by atoms with van der Waals surface area (Å²) in [6.45, 7) is 6.25. The fourth-order valence-corrected chi connectivity index (χ4v) is 3.04. The Morgan fingerprint density at radius 3 is 2.64 bits per heavy atom. The number of methoxy groups -OCH3 is 1. The smallest absolute Gasteiger partial charge is 0.313 e. The van der Waals surface area contributed by atoms with Gasteiger partial charge in [-0.1, -0.05) is 44.2 Å². The van der Waals surface area contributed by atoms with Gasteiger partial charge in [0.05, 0.1) is 17.5 Å². The van der Waals surface area contributed by atoms with Crippen molar-refractivity contribution in [2.24, 2.45) is 11.3 Å². The fourth-order valence-electron chi connectivity index (χ4n) is 3.04. The summed E-state index contributed by atoms with van der Waals surface area (Å²) in [4.78, 5) is 16.5. The minimum absolute atomic E-state index is 0.0866. The molecule has 1 aromatic carbocycles. The zero-order valence-corrected chi connectivity index (χ0v) is 15.5. The van der Waals surface area contributed by atoms with Crippen molar-refractivity contribution in [3.63, 3.8) is 0 Å². The average Bonchev–Trinajstić information content (AvgIpc) is 2.63. The van der Waals surface area contributed by atoms with Crippen LogP contribution in [0.2, 0.25) is 0 Å². The molecule has 0 amide bonds. The van der Waals surface area contributed by atoms with E-state index in [-0.39, 0.29) is 5.92 Å². The first-order valence-corrected chi connectivity index (χ1v) is 8.75. The summed E-state index contributed by atoms with van der Waals surface area (Å²) in [6, 6.07) is 10.1. The van der Waals surface area contributed by atoms with Crippen molar-refractivity contribution >= 4 is 22.9 Å². The summed E-state index contributed by atoms with van der Waals surface area (Å²) in [7, 11) is 1.61. The van der Waals surface area contributed by atoms with E-state index in [0.29, 0.717) is 6.61 Å². The number of benzene rings is 1. The number of carboxylic acids is 1. The standard InChI is InChI=1S/C21H27NO3/c1-5-17(14-25-4)21(3,20(23)24)12-11-15-7-8-16-9-10-18(6-2)22-19(16)13-15/h7-13,17H,5-6,14H2,1-4H3,(H,23,24)/b12-11+. The predicted molar refractivity (Wildman–Crippen MR) is 102 cm³/mol. The van der Waals surface area contributed by atoms with Crippen molar-refractivity contribution in [1.82, 2.24) is 4.98 Å². The van der Waals surface area contributed by atoms with Crippen LogP contribution in [0, 0.1) is 11.3 Å². The lowest BCUT2D eigenvalue weighted by Crippen LogP contribution is -2.36. The summed E-state index contributed by atoms with van der Waals surface area (Å²) in [5.41, 5.74) is 1.96. The van der Waals surface area contributed by atoms with E-state index in [1.165, 1.54) is 0 Å². The Bertz CT molecular complexity index is 769. The van der Waals surface area contributed by atoms with Gasteiger partial charge in [0.2, 0.25) is 0 Å². The lowest BCUT2D eigenvalue weighted by Gasteiger charge is -2.30. The third kappa shape index (κ3) is 4.26. The molecule has 0 fully saturated rings. The van der Waals surface area contributed by atoms with Crippen molar-refractivity contribution < 1.29 is 14.6 Å². The maximum atomic E-state index is 11.9. The molecule has 2 aromatic rings. The number of carbonyl (C=O) groups is 1. The molecule has 1 heterocycles. The van der Waals surface area contributed by atoms with Gasteiger partial charge in [-0.3, -0.25) is 9.78 Å². The lowest BCUT2D eigenvalue weighted by molar-refractivity contribution is -0.149. The van der Waals surface area contributed by atoms with Crippen LogP contribution in [0.3, 0.4) is 0 Å². The summed E-state index contributed by atoms with van der Waals surface area (Å²) >= 11 is 0. The third-order valence-corrected chi connectivity index (χ3v) is 4.93. The molecule has 2 unspecified atom stereocenters. The minimum Gasteiger partial charge on any atom is -0.481 e. The first-order valence-electron chi connectivity index (χ1n) is 8.75. The molecule has 4 nitrogen and oxygen atoms in total. The zero-order valence-electron chi connectivity index (χ0n) is 15.5. The predicted octanol–water partition coefficient (Wildman–Crippen LogP) is 4.57. The summed E-state index contributed by atoms with van der Waals surface area (Å²) < 4.78 is 5.22. The van der Waals surface area contributed by atoms with E-state index >= 15 is 0 Å². The second-order valence-corrected chi connectivity index (χ2v) is 6.59. The fraction of sp³-hybridized carbons (Fsp3) is 0.429. The van der Waals surface area contributed by atoms with Gasteiger partial charge < -0.3 is 9.84 Å². The van der Waals surface area contributed by atoms with E-state index in [4.69, 9.17) is 4.74 Å². The van der Waals surface area contributed by atoms with Gasteiger partial charge >= 0.3 is 5.97 Å². The molecule has 0 aliphatic carbocycles. The molecule has 25 heavy (non-hydrogen) atoms. The highest BCUT2D eigenvalue weighted by Gasteiger charge is 2.38. The van der Waals surface area contributed by atoms with E-state index in [9.17, 15) is 9.90 Å². The second kappa shape index (κ2) is 8.26. The quantitative estimate of drug-likeness (QED) is 0.764. The van der Waals surface area contributed by atoms with Crippen LogP contribution in [0.1, 0.15) is 38.4 Å². The Labute approximate surface area is 149 Å². The minimum atomic E-state index is -0.974. The monoisotopic (exact) mass is 341 g/mol. The number of hydrogen-bond donors (Lipinski definition) is 1. The van der Waals surface area contributed by atoms with Crippen LogP contribution < -0.4 is 0 Å². The van der Waals surface area contributed by atoms with Crippen LogP contribution in [-0.4, -0.2) is 29.8 Å². The highest BCUT2D eigenvalue weighted by Crippen LogP contribution is 2.33. The molecule has 1 aromatic heterocycles. The molecule has 0 bridgehead atoms. The van der Waals surface area contributed by atoms with Gasteiger partial charge in [0.25, 0.3) is 0 Å². The number of pyridine rings is 1. The number of nitrogens with zero attached hydrogens (tertiary/aromatic N) is 1. The van der Waals surface area contributed by atoms with Crippen LogP contribution in [0.4, 0.5) is 0 Å². The van der Waals surface area contributed by atoms with Gasteiger partial charge in [-0.2, -0.15) is 0 Å². The number of aryl methyl sites for hydroxylation is 1. The van der Waals surface area contributed by atoms with Crippen molar-refractivity contribution in [2.45, 2.75) is 33.6 Å². The highest BCUT2D eigenvalue weighted by molar-refractivity contribution is 5.82. The molecular formula is C21H27NO3. The van der Waals surface area contributed by atoms with E-state index in [1.54, 1.807) is 20.1 Å². The van der Waals surface area contributed by atoms with Gasteiger partial charge in [0.1, 0.15) is 0 Å². The van der Waals surface area contributed by atoms with E-state index in [0.717, 1.165) is 35.0 Å². The lowest BCUT2D eigenvalue weighted by atomic mass is 9.75. The SMILES string of the molecule is CCc1ccc2ccc(/C=C/C(C)(C(=O)O)C(CC)COC)cc2n1. The molecule has 0 spiro atoms. The largest absolute Gasteiger partial charge is 0.481 e. The van der Waals surface area contributed by atoms with Crippen molar-refractivity contribution in [2.75, 3.05) is 13.7 Å². The van der Waals surface area contributed by atoms with Crippen LogP contribution in [0.25, 0.3) is 17.0 Å². The average molecular weight is 341 g/mol. The number of aliphatic carboxylic acids is 1. The zero-order chi connectivity index (χ0) is 18.4. The Morgan fingerprint density at radius 2 is 2.04 bits per heavy atom. The highest BCUT2D eigenvalue weighted by atomic mass is 16.5. The maximum Gasteiger partial charge on any atom is 0.313 e. The van der Waals surface area contributed by atoms with Crippen LogP contribution in [0.15, 0.2) is 36.4 Å². The van der Waals surface area contributed by atoms with E-state index < -0.39 is 11.4 Å². The normalized spacial score (nSPS) is 15.4. The van der Waals surface area contributed by atoms with Crippen LogP contribution in [0.5, 0.6) is 0 Å². The number of aromatic nitrogens is 1. The van der Waals surface area contributed by atoms with Crippen LogP contribution >= 0.6 is 0 Å². The molecule has 1 N–H and O–H groups in total. The third-order valence-electron chi connectivity index (χ3n) is 4.93. The van der Waals surface area contributed by atoms with Crippen molar-refractivity contribution in [3.8, 4) is 0 Å². The Morgan fingerprint density at radius 1 is 1.32 bits per heavy atom. The van der Waals surface area contributed by atoms with E-state index in [2.05, 4.69) is 18.0 Å². The second-order valence-electron chi connectivity index (χ2n) is 6.59. The number of fused-ring (bicyclic) bond motifs is 1. The molecule has 0 aliphatic rings. The summed E-state index contributed by atoms with van der Waals surface area (Å²) in [5, 5.41) is 10.8. The Balaban J connectivity index is 2.37. The van der Waals surface area contributed by atoms with Gasteiger partial charge in [0.15, 0.2) is 0 Å². The Hall–Kier alpha value is -2.20. The molecule has 4 heteroatoms. The molecule has 0 radical (unpaired) electrons. The number of ether oxygens (including phenoxy) is 1. The maximum absolute atomic E-state index is 11.9. The molecule has 0 aliphatic heterocycles. The summed E-state index contributed by atoms with van der Waals surface area (Å²) in [6.07, 6.45) is 5.29. The molecule has 2 atom stereocenters. The first kappa shape index (κ1) is 19.1. The van der Waals surface area contributed by atoms with Gasteiger partial charge in [-0.15, -0.1) is 0 Å². The van der Waals surface area contributed by atoms with Gasteiger partial charge in [-0.05, 0) is 37.5 Å². The van der Waals surface area contributed by atoms with Crippen molar-refractivity contribution in [1.29, 1.82) is 0 Å². The van der Waals surface area contributed by atoms with Gasteiger partial charge in [-0.25, -0.2) is 0 Å². The molecule has 0 saturated carbocycles. The van der Waals surface area contributed by atoms with E-state index in [1.807, 2.05) is 37.3 Å². The topological polar surface area (TPSA) is 59.4 Å². The van der Waals surface area contributed by atoms with Crippen LogP contribution in [-0.2, 0) is 16.0 Å². The molecule has 2 rings (SSSR count).